The predicted octanol–water partition coefficient (Wildman–Crippen LogP) is 3.93. The SMILES string of the molecule is COC(=O)c1cc(OC)ccc1NC(=O)c1ccc(OCc2c(C)noc2C)c(OC)c1. The molecule has 0 aliphatic rings. The van der Waals surface area contributed by atoms with E-state index in [9.17, 15) is 9.59 Å². The van der Waals surface area contributed by atoms with Crippen LogP contribution in [0.4, 0.5) is 5.69 Å². The number of methoxy groups -OCH3 is 3. The summed E-state index contributed by atoms with van der Waals surface area (Å²) in [7, 11) is 4.23. The zero-order valence-corrected chi connectivity index (χ0v) is 18.5. The van der Waals surface area contributed by atoms with Crippen molar-refractivity contribution in [3.63, 3.8) is 0 Å². The number of hydrogen-bond acceptors (Lipinski definition) is 8. The van der Waals surface area contributed by atoms with Gasteiger partial charge in [-0.25, -0.2) is 4.79 Å². The lowest BCUT2D eigenvalue weighted by Crippen LogP contribution is -2.15. The van der Waals surface area contributed by atoms with Crippen LogP contribution in [0, 0.1) is 13.8 Å². The summed E-state index contributed by atoms with van der Waals surface area (Å²) < 4.78 is 26.3. The normalized spacial score (nSPS) is 10.4. The Morgan fingerprint density at radius 2 is 1.78 bits per heavy atom. The highest BCUT2D eigenvalue weighted by Gasteiger charge is 2.18. The number of hydrogen-bond donors (Lipinski definition) is 1. The molecule has 9 nitrogen and oxygen atoms in total. The summed E-state index contributed by atoms with van der Waals surface area (Å²) in [5.41, 5.74) is 2.38. The maximum absolute atomic E-state index is 12.8. The van der Waals surface area contributed by atoms with Crippen molar-refractivity contribution in [1.29, 1.82) is 0 Å². The minimum absolute atomic E-state index is 0.173. The quantitative estimate of drug-likeness (QED) is 0.525. The van der Waals surface area contributed by atoms with Crippen molar-refractivity contribution in [2.75, 3.05) is 26.6 Å². The molecule has 0 radical (unpaired) electrons. The Kier molecular flexibility index (Phi) is 6.99. The summed E-state index contributed by atoms with van der Waals surface area (Å²) in [6.45, 7) is 3.89. The minimum Gasteiger partial charge on any atom is -0.497 e. The molecule has 168 valence electrons. The first-order valence-electron chi connectivity index (χ1n) is 9.68. The number of anilines is 1. The van der Waals surface area contributed by atoms with Gasteiger partial charge < -0.3 is 28.8 Å². The fourth-order valence-electron chi connectivity index (χ4n) is 3.02. The molecule has 0 aliphatic carbocycles. The molecule has 0 atom stereocenters. The molecular formula is C23H24N2O7. The van der Waals surface area contributed by atoms with Crippen molar-refractivity contribution < 1.29 is 33.1 Å². The lowest BCUT2D eigenvalue weighted by Gasteiger charge is -2.14. The molecule has 3 rings (SSSR count). The Morgan fingerprint density at radius 3 is 2.41 bits per heavy atom. The Balaban J connectivity index is 1.80. The van der Waals surface area contributed by atoms with E-state index in [0.717, 1.165) is 11.3 Å². The average molecular weight is 440 g/mol. The first-order valence-corrected chi connectivity index (χ1v) is 9.68. The Hall–Kier alpha value is -4.01. The molecule has 9 heteroatoms. The average Bonchev–Trinajstić information content (AvgIpc) is 3.14. The van der Waals surface area contributed by atoms with Crippen LogP contribution in [0.5, 0.6) is 17.2 Å². The van der Waals surface area contributed by atoms with Crippen LogP contribution < -0.4 is 19.5 Å². The van der Waals surface area contributed by atoms with Gasteiger partial charge >= 0.3 is 5.97 Å². The summed E-state index contributed by atoms with van der Waals surface area (Å²) >= 11 is 0. The monoisotopic (exact) mass is 440 g/mol. The third-order valence-electron chi connectivity index (χ3n) is 4.86. The summed E-state index contributed by atoms with van der Waals surface area (Å²) in [4.78, 5) is 24.9. The highest BCUT2D eigenvalue weighted by Crippen LogP contribution is 2.30. The van der Waals surface area contributed by atoms with E-state index in [0.29, 0.717) is 34.3 Å². The second-order valence-corrected chi connectivity index (χ2v) is 6.81. The maximum Gasteiger partial charge on any atom is 0.340 e. The molecule has 0 fully saturated rings. The number of aromatic nitrogens is 1. The highest BCUT2D eigenvalue weighted by molar-refractivity contribution is 6.08. The number of carbonyl (C=O) groups is 2. The zero-order chi connectivity index (χ0) is 23.3. The Labute approximate surface area is 185 Å². The van der Waals surface area contributed by atoms with Gasteiger partial charge in [-0.1, -0.05) is 5.16 Å². The summed E-state index contributed by atoms with van der Waals surface area (Å²) in [5, 5.41) is 6.63. The molecule has 0 unspecified atom stereocenters. The third-order valence-corrected chi connectivity index (χ3v) is 4.86. The number of nitrogens with one attached hydrogen (secondary N) is 1. The second-order valence-electron chi connectivity index (χ2n) is 6.81. The number of esters is 1. The highest BCUT2D eigenvalue weighted by atomic mass is 16.5. The van der Waals surface area contributed by atoms with Crippen LogP contribution in [0.2, 0.25) is 0 Å². The standard InChI is InChI=1S/C23H24N2O7/c1-13-18(14(2)32-25-13)12-31-20-9-6-15(10-21(20)29-4)22(26)24-19-8-7-16(28-3)11-17(19)23(27)30-5/h6-11H,12H2,1-5H3,(H,24,26). The predicted molar refractivity (Wildman–Crippen MR) is 116 cm³/mol. The molecule has 1 heterocycles. The third kappa shape index (κ3) is 4.83. The molecule has 1 aromatic heterocycles. The van der Waals surface area contributed by atoms with Crippen LogP contribution in [0.3, 0.4) is 0 Å². The lowest BCUT2D eigenvalue weighted by molar-refractivity contribution is 0.0601. The van der Waals surface area contributed by atoms with Crippen molar-refractivity contribution >= 4 is 17.6 Å². The summed E-state index contributed by atoms with van der Waals surface area (Å²) in [6.07, 6.45) is 0. The number of ether oxygens (including phenoxy) is 4. The van der Waals surface area contributed by atoms with Crippen molar-refractivity contribution in [1.82, 2.24) is 5.16 Å². The zero-order valence-electron chi connectivity index (χ0n) is 18.5. The summed E-state index contributed by atoms with van der Waals surface area (Å²) in [5.74, 6) is 0.954. The lowest BCUT2D eigenvalue weighted by atomic mass is 10.1. The van der Waals surface area contributed by atoms with Gasteiger partial charge in [0.1, 0.15) is 18.1 Å². The second kappa shape index (κ2) is 9.86. The van der Waals surface area contributed by atoms with Crippen LogP contribution in [0.25, 0.3) is 0 Å². The Morgan fingerprint density at radius 1 is 1.00 bits per heavy atom. The van der Waals surface area contributed by atoms with E-state index in [1.807, 2.05) is 13.8 Å². The first-order chi connectivity index (χ1) is 15.4. The van der Waals surface area contributed by atoms with E-state index in [4.69, 9.17) is 23.5 Å². The molecule has 0 saturated heterocycles. The molecule has 0 bridgehead atoms. The van der Waals surface area contributed by atoms with Gasteiger partial charge in [0.25, 0.3) is 5.91 Å². The number of amides is 1. The van der Waals surface area contributed by atoms with Crippen LogP contribution in [0.15, 0.2) is 40.9 Å². The van der Waals surface area contributed by atoms with Gasteiger partial charge in [-0.15, -0.1) is 0 Å². The fraction of sp³-hybridized carbons (Fsp3) is 0.261. The van der Waals surface area contributed by atoms with Crippen LogP contribution >= 0.6 is 0 Å². The largest absolute Gasteiger partial charge is 0.497 e. The fourth-order valence-corrected chi connectivity index (χ4v) is 3.02. The van der Waals surface area contributed by atoms with Crippen LogP contribution in [0.1, 0.15) is 37.7 Å². The molecule has 0 saturated carbocycles. The van der Waals surface area contributed by atoms with Crippen molar-refractivity contribution in [2.24, 2.45) is 0 Å². The van der Waals surface area contributed by atoms with Crippen molar-refractivity contribution in [2.45, 2.75) is 20.5 Å². The number of benzene rings is 2. The molecular weight excluding hydrogens is 416 g/mol. The topological polar surface area (TPSA) is 109 Å². The van der Waals surface area contributed by atoms with E-state index in [2.05, 4.69) is 10.5 Å². The van der Waals surface area contributed by atoms with E-state index < -0.39 is 11.9 Å². The molecule has 0 aliphatic heterocycles. The summed E-state index contributed by atoms with van der Waals surface area (Å²) in [6, 6.07) is 9.49. The van der Waals surface area contributed by atoms with Gasteiger partial charge in [0.05, 0.1) is 43.8 Å². The van der Waals surface area contributed by atoms with Gasteiger partial charge in [-0.05, 0) is 50.2 Å². The van der Waals surface area contributed by atoms with E-state index >= 15 is 0 Å². The number of nitrogens with zero attached hydrogens (tertiary/aromatic N) is 1. The maximum atomic E-state index is 12.8. The molecule has 3 aromatic rings. The molecule has 2 aromatic carbocycles. The van der Waals surface area contributed by atoms with E-state index in [1.165, 1.54) is 27.4 Å². The molecule has 32 heavy (non-hydrogen) atoms. The molecule has 1 amide bonds. The van der Waals surface area contributed by atoms with E-state index in [1.54, 1.807) is 30.3 Å². The van der Waals surface area contributed by atoms with Gasteiger partial charge in [0.2, 0.25) is 0 Å². The minimum atomic E-state index is -0.597. The van der Waals surface area contributed by atoms with Gasteiger partial charge in [-0.2, -0.15) is 0 Å². The number of carbonyl (C=O) groups excluding carboxylic acids is 2. The van der Waals surface area contributed by atoms with Gasteiger partial charge in [0, 0.05) is 5.56 Å². The number of aryl methyl sites for hydroxylation is 2. The van der Waals surface area contributed by atoms with Gasteiger partial charge in [-0.3, -0.25) is 4.79 Å². The van der Waals surface area contributed by atoms with Crippen molar-refractivity contribution in [3.05, 3.63) is 64.5 Å². The van der Waals surface area contributed by atoms with E-state index in [-0.39, 0.29) is 12.2 Å². The van der Waals surface area contributed by atoms with Crippen LogP contribution in [-0.2, 0) is 11.3 Å². The Bertz CT molecular complexity index is 1120. The smallest absolute Gasteiger partial charge is 0.340 e. The van der Waals surface area contributed by atoms with Crippen molar-refractivity contribution in [3.8, 4) is 17.2 Å². The molecule has 0 spiro atoms. The van der Waals surface area contributed by atoms with Gasteiger partial charge in [0.15, 0.2) is 11.5 Å². The van der Waals surface area contributed by atoms with Crippen LogP contribution in [-0.4, -0.2) is 38.4 Å². The number of rotatable bonds is 8. The molecule has 1 N–H and O–H groups in total. The first kappa shape index (κ1) is 22.7.